The fourth-order valence-electron chi connectivity index (χ4n) is 8.98. The molecular weight excluding hydrogens is 826 g/mol. The van der Waals surface area contributed by atoms with Crippen molar-refractivity contribution in [1.82, 2.24) is 44.6 Å². The summed E-state index contributed by atoms with van der Waals surface area (Å²) in [7, 11) is 1.27. The van der Waals surface area contributed by atoms with Gasteiger partial charge in [-0.05, 0) is 89.1 Å². The number of nitrogens with zero attached hydrogens (tertiary/aromatic N) is 6. The maximum atomic E-state index is 16.8. The molecule has 3 amide bonds. The maximum Gasteiger partial charge on any atom is 0.410 e. The van der Waals surface area contributed by atoms with Gasteiger partial charge >= 0.3 is 12.2 Å². The fraction of sp³-hybridized carbons (Fsp3) is 0.435. The summed E-state index contributed by atoms with van der Waals surface area (Å²) in [5, 5.41) is 4.53. The summed E-state index contributed by atoms with van der Waals surface area (Å²) in [5.74, 6) is 0.816. The lowest BCUT2D eigenvalue weighted by molar-refractivity contribution is -0.135. The number of rotatable bonds is 9. The predicted molar refractivity (Wildman–Crippen MR) is 236 cm³/mol. The first-order chi connectivity index (χ1) is 30.2. The predicted octanol–water partition coefficient (Wildman–Crippen LogP) is 9.30. The lowest BCUT2D eigenvalue weighted by atomic mass is 10.0. The number of aryl methyl sites for hydroxylation is 1. The van der Waals surface area contributed by atoms with Crippen LogP contribution in [0.5, 0.6) is 5.75 Å². The number of carbonyl (C=O) groups is 3. The van der Waals surface area contributed by atoms with Gasteiger partial charge in [0, 0.05) is 35.8 Å². The molecule has 0 aliphatic carbocycles. The number of hydrogen-bond donors (Lipinski definition) is 3. The van der Waals surface area contributed by atoms with Gasteiger partial charge in [-0.2, -0.15) is 0 Å². The zero-order chi connectivity index (χ0) is 44.3. The van der Waals surface area contributed by atoms with E-state index in [0.717, 1.165) is 57.7 Å². The van der Waals surface area contributed by atoms with Crippen molar-refractivity contribution in [3.05, 3.63) is 82.3 Å². The van der Waals surface area contributed by atoms with E-state index in [9.17, 15) is 14.4 Å². The van der Waals surface area contributed by atoms with Gasteiger partial charge in [-0.3, -0.25) is 14.3 Å². The van der Waals surface area contributed by atoms with E-state index in [1.54, 1.807) is 33.5 Å². The highest BCUT2D eigenvalue weighted by Crippen LogP contribution is 2.48. The number of alkyl carbamates (subject to hydrolysis) is 1. The molecule has 1 unspecified atom stereocenters. The summed E-state index contributed by atoms with van der Waals surface area (Å²) in [6, 6.07) is 10.1. The molecule has 0 bridgehead atoms. The average molecular weight is 878 g/mol. The van der Waals surface area contributed by atoms with Crippen molar-refractivity contribution >= 4 is 40.3 Å². The van der Waals surface area contributed by atoms with Gasteiger partial charge in [-0.25, -0.2) is 28.9 Å². The molecule has 63 heavy (non-hydrogen) atoms. The molecule has 0 spiro atoms. The Kier molecular flexibility index (Phi) is 11.0. The number of H-pyrrole nitrogens is 2. The number of hydrogen-bond acceptors (Lipinski definition) is 10. The number of halogens is 1. The number of amides is 3. The number of nitrogens with one attached hydrogen (secondary N) is 3. The SMILES string of the molecule is CCc1ncc(C2Oc3cc(-c4cnc([C@@H]5CCCN5C(=O)[C@@H](NC(=O)OC)C(C)C)[nH]4)cc(F)c3-c3cc4cc(-c5cnc([C@@H]6CCCN6C(=O)OC(C)(C)C)[nH]5)ccc4n32)s1. The van der Waals surface area contributed by atoms with Gasteiger partial charge in [0.25, 0.3) is 0 Å². The first-order valence-electron chi connectivity index (χ1n) is 21.6. The van der Waals surface area contributed by atoms with Crippen LogP contribution in [0.1, 0.15) is 107 Å². The van der Waals surface area contributed by atoms with E-state index >= 15 is 4.39 Å². The quantitative estimate of drug-likeness (QED) is 0.128. The van der Waals surface area contributed by atoms with Crippen LogP contribution >= 0.6 is 11.3 Å². The molecule has 3 aliphatic rings. The summed E-state index contributed by atoms with van der Waals surface area (Å²) >= 11 is 1.56. The van der Waals surface area contributed by atoms with Crippen molar-refractivity contribution in [2.24, 2.45) is 5.92 Å². The second-order valence-electron chi connectivity index (χ2n) is 17.7. The van der Waals surface area contributed by atoms with E-state index in [1.165, 1.54) is 13.2 Å². The van der Waals surface area contributed by atoms with Crippen molar-refractivity contribution in [1.29, 1.82) is 0 Å². The maximum absolute atomic E-state index is 16.8. The number of methoxy groups -OCH3 is 1. The Morgan fingerprint density at radius 3 is 2.27 bits per heavy atom. The van der Waals surface area contributed by atoms with Crippen LogP contribution in [0.15, 0.2) is 55.0 Å². The fourth-order valence-corrected chi connectivity index (χ4v) is 9.86. The van der Waals surface area contributed by atoms with Crippen molar-refractivity contribution in [2.45, 2.75) is 104 Å². The molecule has 3 N–H and O–H groups in total. The highest BCUT2D eigenvalue weighted by atomic mass is 32.1. The highest BCUT2D eigenvalue weighted by molar-refractivity contribution is 7.11. The zero-order valence-corrected chi connectivity index (χ0v) is 37.3. The molecule has 2 fully saturated rings. The van der Waals surface area contributed by atoms with Crippen molar-refractivity contribution in [2.75, 3.05) is 20.2 Å². The van der Waals surface area contributed by atoms with Gasteiger partial charge in [-0.15, -0.1) is 11.3 Å². The van der Waals surface area contributed by atoms with Crippen molar-refractivity contribution in [3.8, 4) is 39.5 Å². The Morgan fingerprint density at radius 2 is 1.62 bits per heavy atom. The smallest absolute Gasteiger partial charge is 0.410 e. The summed E-state index contributed by atoms with van der Waals surface area (Å²) in [5.41, 5.74) is 4.07. The Morgan fingerprint density at radius 1 is 0.937 bits per heavy atom. The molecule has 6 aromatic rings. The Hall–Kier alpha value is -6.23. The van der Waals surface area contributed by atoms with E-state index in [4.69, 9.17) is 19.2 Å². The van der Waals surface area contributed by atoms with Gasteiger partial charge in [0.15, 0.2) is 0 Å². The molecule has 3 aliphatic heterocycles. The number of aromatic amines is 2. The average Bonchev–Trinajstić information content (AvgIpc) is 4.11. The molecule has 0 radical (unpaired) electrons. The van der Waals surface area contributed by atoms with Crippen LogP contribution in [-0.4, -0.2) is 89.2 Å². The third-order valence-electron chi connectivity index (χ3n) is 12.0. The number of likely N-dealkylation sites (tertiary alicyclic amines) is 2. The minimum Gasteiger partial charge on any atom is -0.464 e. The van der Waals surface area contributed by atoms with Crippen LogP contribution in [0.3, 0.4) is 0 Å². The highest BCUT2D eigenvalue weighted by Gasteiger charge is 2.39. The summed E-state index contributed by atoms with van der Waals surface area (Å²) in [6.07, 6.45) is 7.49. The number of ether oxygens (including phenoxy) is 3. The van der Waals surface area contributed by atoms with Crippen LogP contribution in [-0.2, 0) is 20.7 Å². The first kappa shape index (κ1) is 42.1. The molecule has 15 nitrogen and oxygen atoms in total. The van der Waals surface area contributed by atoms with E-state index < -0.39 is 29.8 Å². The molecule has 17 heteroatoms. The summed E-state index contributed by atoms with van der Waals surface area (Å²) in [4.78, 5) is 64.2. The number of carbonyl (C=O) groups excluding carboxylic acids is 3. The molecule has 330 valence electrons. The first-order valence-corrected chi connectivity index (χ1v) is 22.4. The van der Waals surface area contributed by atoms with Crippen LogP contribution < -0.4 is 10.1 Å². The molecule has 2 saturated heterocycles. The van der Waals surface area contributed by atoms with Gasteiger partial charge < -0.3 is 34.4 Å². The zero-order valence-electron chi connectivity index (χ0n) is 36.5. The number of thiazole rings is 1. The van der Waals surface area contributed by atoms with E-state index in [1.807, 2.05) is 69.6 Å². The molecule has 2 aromatic carbocycles. The van der Waals surface area contributed by atoms with E-state index in [0.29, 0.717) is 59.4 Å². The van der Waals surface area contributed by atoms with Gasteiger partial charge in [0.05, 0.1) is 69.6 Å². The Bertz CT molecular complexity index is 2710. The molecule has 4 atom stereocenters. The molecular formula is C46H52FN9O6S. The van der Waals surface area contributed by atoms with Gasteiger partial charge in [-0.1, -0.05) is 26.8 Å². The summed E-state index contributed by atoms with van der Waals surface area (Å²) in [6.45, 7) is 12.5. The minimum atomic E-state index is -0.764. The van der Waals surface area contributed by atoms with Crippen LogP contribution in [0.25, 0.3) is 44.7 Å². The lowest BCUT2D eigenvalue weighted by Gasteiger charge is -2.30. The largest absolute Gasteiger partial charge is 0.464 e. The topological polar surface area (TPSA) is 173 Å². The summed E-state index contributed by atoms with van der Waals surface area (Å²) < 4.78 is 36.1. The Balaban J connectivity index is 1.04. The van der Waals surface area contributed by atoms with Crippen molar-refractivity contribution < 1.29 is 33.0 Å². The second-order valence-corrected chi connectivity index (χ2v) is 18.9. The number of aromatic nitrogens is 6. The van der Waals surface area contributed by atoms with Gasteiger partial charge in [0.2, 0.25) is 12.1 Å². The van der Waals surface area contributed by atoms with Crippen molar-refractivity contribution in [3.63, 3.8) is 0 Å². The molecule has 0 saturated carbocycles. The number of imidazole rings is 2. The minimum absolute atomic E-state index is 0.169. The second kappa shape index (κ2) is 16.5. The number of benzene rings is 2. The Labute approximate surface area is 368 Å². The van der Waals surface area contributed by atoms with E-state index in [2.05, 4.69) is 38.2 Å². The third-order valence-corrected chi connectivity index (χ3v) is 13.2. The molecule has 7 heterocycles. The third kappa shape index (κ3) is 7.91. The van der Waals surface area contributed by atoms with Crippen LogP contribution in [0.4, 0.5) is 14.0 Å². The van der Waals surface area contributed by atoms with Crippen LogP contribution in [0.2, 0.25) is 0 Å². The van der Waals surface area contributed by atoms with Crippen LogP contribution in [0, 0.1) is 11.7 Å². The van der Waals surface area contributed by atoms with E-state index in [-0.39, 0.29) is 30.0 Å². The standard InChI is InChI=1S/C46H52FN9O6S/c1-8-37-48-23-36(63-37)43-56-31-14-13-25(29-21-49-41(51-29)33-12-10-16-55(33)45(59)62-46(4,5)6)17-27(31)19-34(56)38-28(47)18-26(20-35(38)61-43)30-22-50-40(52-30)32-11-9-15-54(32)42(57)39(24(2)3)53-44(58)60-7/h13-14,17-24,32-33,39,43H,8-12,15-16H2,1-7H3,(H,49,51)(H,50,52)(H,53,58)/t32-,33-,39-,43?/m0/s1. The normalized spacial score (nSPS) is 19.0. The lowest BCUT2D eigenvalue weighted by Crippen LogP contribution is -2.51. The molecule has 4 aromatic heterocycles. The number of fused-ring (bicyclic) bond motifs is 5. The monoisotopic (exact) mass is 877 g/mol. The van der Waals surface area contributed by atoms with Gasteiger partial charge in [0.1, 0.15) is 34.9 Å². The molecule has 9 rings (SSSR count).